The van der Waals surface area contributed by atoms with Gasteiger partial charge in [-0.2, -0.15) is 0 Å². The van der Waals surface area contributed by atoms with Crippen LogP contribution < -0.4 is 10.9 Å². The smallest absolute Gasteiger partial charge is 0.259 e. The van der Waals surface area contributed by atoms with E-state index in [-0.39, 0.29) is 17.2 Å². The number of thioether (sulfide) groups is 1. The molecule has 26 heavy (non-hydrogen) atoms. The van der Waals surface area contributed by atoms with Crippen LogP contribution >= 0.6 is 23.1 Å². The molecular formula is C19H23N3O2S2. The highest BCUT2D eigenvalue weighted by molar-refractivity contribution is 7.99. The highest BCUT2D eigenvalue weighted by Gasteiger charge is 2.25. The fraction of sp³-hybridized carbons (Fsp3) is 0.526. The molecular weight excluding hydrogens is 366 g/mol. The molecule has 0 bridgehead atoms. The van der Waals surface area contributed by atoms with Gasteiger partial charge in [-0.05, 0) is 37.7 Å². The summed E-state index contributed by atoms with van der Waals surface area (Å²) in [4.78, 5) is 34.2. The van der Waals surface area contributed by atoms with Crippen molar-refractivity contribution in [1.82, 2.24) is 15.3 Å². The van der Waals surface area contributed by atoms with Gasteiger partial charge in [-0.3, -0.25) is 9.59 Å². The molecule has 0 spiro atoms. The quantitative estimate of drug-likeness (QED) is 0.714. The van der Waals surface area contributed by atoms with Crippen molar-refractivity contribution in [2.75, 3.05) is 5.75 Å². The van der Waals surface area contributed by atoms with Crippen LogP contribution in [0.3, 0.4) is 0 Å². The number of aromatic nitrogens is 2. The number of aryl methyl sites for hydroxylation is 2. The first-order chi connectivity index (χ1) is 12.5. The van der Waals surface area contributed by atoms with E-state index in [1.165, 1.54) is 22.2 Å². The zero-order valence-corrected chi connectivity index (χ0v) is 16.7. The molecule has 0 radical (unpaired) electrons. The third kappa shape index (κ3) is 3.67. The lowest BCUT2D eigenvalue weighted by atomic mass is 9.94. The van der Waals surface area contributed by atoms with Crippen molar-refractivity contribution in [3.63, 3.8) is 0 Å². The second kappa shape index (κ2) is 7.85. The normalized spacial score (nSPS) is 13.6. The standard InChI is InChI=1S/C19H23N3O2S2/c1-4-19(5-2,6-3)22-15(23)11-25-10-14-20-17(24)16-12-8-7-9-13(12)26-18(16)21-14/h1H,5-11H2,2-3H3,(H,22,23)(H,20,21,24). The van der Waals surface area contributed by atoms with Gasteiger partial charge in [0.2, 0.25) is 5.91 Å². The maximum atomic E-state index is 12.4. The molecule has 0 saturated carbocycles. The van der Waals surface area contributed by atoms with Crippen LogP contribution in [-0.4, -0.2) is 27.2 Å². The number of terminal acetylenes is 1. The van der Waals surface area contributed by atoms with Crippen LogP contribution in [0, 0.1) is 12.3 Å². The number of hydrogen-bond acceptors (Lipinski definition) is 5. The van der Waals surface area contributed by atoms with Gasteiger partial charge in [-0.25, -0.2) is 4.98 Å². The molecule has 1 aliphatic rings. The van der Waals surface area contributed by atoms with E-state index >= 15 is 0 Å². The summed E-state index contributed by atoms with van der Waals surface area (Å²) in [6.07, 6.45) is 10.1. The zero-order chi connectivity index (χ0) is 18.7. The summed E-state index contributed by atoms with van der Waals surface area (Å²) in [7, 11) is 0. The summed E-state index contributed by atoms with van der Waals surface area (Å²) >= 11 is 3.06. The molecule has 0 saturated heterocycles. The Hall–Kier alpha value is -1.78. The van der Waals surface area contributed by atoms with E-state index in [0.29, 0.717) is 24.4 Å². The van der Waals surface area contributed by atoms with Gasteiger partial charge in [0.05, 0.1) is 16.9 Å². The predicted molar refractivity (Wildman–Crippen MR) is 109 cm³/mol. The monoisotopic (exact) mass is 389 g/mol. The predicted octanol–water partition coefficient (Wildman–Crippen LogP) is 3.01. The van der Waals surface area contributed by atoms with E-state index < -0.39 is 5.54 Å². The summed E-state index contributed by atoms with van der Waals surface area (Å²) in [6, 6.07) is 0. The number of carbonyl (C=O) groups is 1. The van der Waals surface area contributed by atoms with Gasteiger partial charge in [0.25, 0.3) is 5.56 Å². The topological polar surface area (TPSA) is 74.8 Å². The molecule has 1 aliphatic carbocycles. The Morgan fingerprint density at radius 1 is 1.42 bits per heavy atom. The average molecular weight is 390 g/mol. The maximum absolute atomic E-state index is 12.4. The van der Waals surface area contributed by atoms with E-state index in [1.807, 2.05) is 13.8 Å². The van der Waals surface area contributed by atoms with E-state index in [9.17, 15) is 9.59 Å². The number of nitrogens with one attached hydrogen (secondary N) is 2. The van der Waals surface area contributed by atoms with Crippen molar-refractivity contribution in [2.45, 2.75) is 57.2 Å². The summed E-state index contributed by atoms with van der Waals surface area (Å²) in [6.45, 7) is 3.94. The first-order valence-corrected chi connectivity index (χ1v) is 10.9. The summed E-state index contributed by atoms with van der Waals surface area (Å²) in [5.74, 6) is 4.00. The molecule has 2 aromatic rings. The van der Waals surface area contributed by atoms with E-state index in [1.54, 1.807) is 11.3 Å². The van der Waals surface area contributed by atoms with Gasteiger partial charge in [0.15, 0.2) is 0 Å². The molecule has 138 valence electrons. The molecule has 2 aromatic heterocycles. The largest absolute Gasteiger partial charge is 0.339 e. The zero-order valence-electron chi connectivity index (χ0n) is 15.1. The molecule has 0 atom stereocenters. The van der Waals surface area contributed by atoms with Crippen molar-refractivity contribution < 1.29 is 4.79 Å². The fourth-order valence-electron chi connectivity index (χ4n) is 3.33. The Morgan fingerprint density at radius 2 is 2.19 bits per heavy atom. The lowest BCUT2D eigenvalue weighted by molar-refractivity contribution is -0.119. The van der Waals surface area contributed by atoms with Gasteiger partial charge >= 0.3 is 0 Å². The number of amides is 1. The first-order valence-electron chi connectivity index (χ1n) is 8.92. The number of thiophene rings is 1. The highest BCUT2D eigenvalue weighted by atomic mass is 32.2. The van der Waals surface area contributed by atoms with Crippen molar-refractivity contribution in [3.05, 3.63) is 26.6 Å². The number of H-pyrrole nitrogens is 1. The third-order valence-corrected chi connectivity index (χ3v) is 7.09. The highest BCUT2D eigenvalue weighted by Crippen LogP contribution is 2.34. The minimum Gasteiger partial charge on any atom is -0.339 e. The summed E-state index contributed by atoms with van der Waals surface area (Å²) in [5, 5.41) is 3.71. The van der Waals surface area contributed by atoms with Crippen LogP contribution in [-0.2, 0) is 23.4 Å². The lowest BCUT2D eigenvalue weighted by Crippen LogP contribution is -2.47. The molecule has 5 nitrogen and oxygen atoms in total. The molecule has 3 rings (SSSR count). The molecule has 2 N–H and O–H groups in total. The van der Waals surface area contributed by atoms with Crippen LogP contribution in [0.5, 0.6) is 0 Å². The van der Waals surface area contributed by atoms with Gasteiger partial charge in [-0.1, -0.05) is 19.8 Å². The van der Waals surface area contributed by atoms with Crippen molar-refractivity contribution in [2.24, 2.45) is 0 Å². The number of carbonyl (C=O) groups excluding carboxylic acids is 1. The van der Waals surface area contributed by atoms with Gasteiger partial charge in [0.1, 0.15) is 16.2 Å². The number of nitrogens with zero attached hydrogens (tertiary/aromatic N) is 1. The minimum absolute atomic E-state index is 0.0576. The van der Waals surface area contributed by atoms with Crippen LogP contribution in [0.25, 0.3) is 10.2 Å². The molecule has 0 unspecified atom stereocenters. The Kier molecular flexibility index (Phi) is 5.73. The number of fused-ring (bicyclic) bond motifs is 3. The summed E-state index contributed by atoms with van der Waals surface area (Å²) in [5.41, 5.74) is 0.556. The van der Waals surface area contributed by atoms with Gasteiger partial charge in [0, 0.05) is 4.88 Å². The summed E-state index contributed by atoms with van der Waals surface area (Å²) < 4.78 is 0. The van der Waals surface area contributed by atoms with E-state index in [2.05, 4.69) is 21.2 Å². The molecule has 1 amide bonds. The van der Waals surface area contributed by atoms with Gasteiger partial charge < -0.3 is 10.3 Å². The first kappa shape index (κ1) is 19.0. The van der Waals surface area contributed by atoms with Gasteiger partial charge in [-0.15, -0.1) is 29.5 Å². The number of aromatic amines is 1. The number of rotatable bonds is 7. The maximum Gasteiger partial charge on any atom is 0.259 e. The Balaban J connectivity index is 1.63. The Morgan fingerprint density at radius 3 is 2.88 bits per heavy atom. The minimum atomic E-state index is -0.569. The van der Waals surface area contributed by atoms with E-state index in [0.717, 1.165) is 29.5 Å². The third-order valence-electron chi connectivity index (χ3n) is 4.96. The Labute approximate surface area is 161 Å². The molecule has 0 fully saturated rings. The molecule has 0 aromatic carbocycles. The molecule has 7 heteroatoms. The average Bonchev–Trinajstić information content (AvgIpc) is 3.20. The second-order valence-corrected chi connectivity index (χ2v) is 8.59. The van der Waals surface area contributed by atoms with Crippen molar-refractivity contribution in [1.29, 1.82) is 0 Å². The van der Waals surface area contributed by atoms with Crippen LogP contribution in [0.4, 0.5) is 0 Å². The molecule has 2 heterocycles. The fourth-order valence-corrected chi connectivity index (χ4v) is 5.30. The lowest BCUT2D eigenvalue weighted by Gasteiger charge is -2.26. The van der Waals surface area contributed by atoms with Crippen LogP contribution in [0.1, 0.15) is 49.4 Å². The van der Waals surface area contributed by atoms with Crippen molar-refractivity contribution >= 4 is 39.2 Å². The SMILES string of the molecule is C#CC(CC)(CC)NC(=O)CSCc1nc2sc3c(c2c(=O)[nH]1)CCC3. The second-order valence-electron chi connectivity index (χ2n) is 6.52. The Bertz CT molecular complexity index is 919. The van der Waals surface area contributed by atoms with E-state index in [4.69, 9.17) is 6.42 Å². The van der Waals surface area contributed by atoms with Crippen LogP contribution in [0.15, 0.2) is 4.79 Å². The van der Waals surface area contributed by atoms with Crippen LogP contribution in [0.2, 0.25) is 0 Å². The number of hydrogen-bond donors (Lipinski definition) is 2. The molecule has 0 aliphatic heterocycles. The van der Waals surface area contributed by atoms with Crippen molar-refractivity contribution in [3.8, 4) is 12.3 Å².